The smallest absolute Gasteiger partial charge is 0.289 e. The van der Waals surface area contributed by atoms with Crippen molar-refractivity contribution in [1.82, 2.24) is 4.90 Å². The van der Waals surface area contributed by atoms with Crippen molar-refractivity contribution >= 4 is 28.5 Å². The second-order valence-corrected chi connectivity index (χ2v) is 4.21. The third-order valence-corrected chi connectivity index (χ3v) is 2.97. The molecule has 17 heavy (non-hydrogen) atoms. The van der Waals surface area contributed by atoms with Crippen molar-refractivity contribution in [2.24, 2.45) is 0 Å². The predicted octanol–water partition coefficient (Wildman–Crippen LogP) is 3.57. The summed E-state index contributed by atoms with van der Waals surface area (Å²) in [5.41, 5.74) is 0.685. The molecule has 4 heteroatoms. The zero-order valence-electron chi connectivity index (χ0n) is 9.87. The van der Waals surface area contributed by atoms with Crippen LogP contribution in [-0.4, -0.2) is 23.9 Å². The Hall–Kier alpha value is -1.48. The number of hydrogen-bond acceptors (Lipinski definition) is 2. The van der Waals surface area contributed by atoms with Crippen LogP contribution in [0.15, 0.2) is 28.7 Å². The summed E-state index contributed by atoms with van der Waals surface area (Å²) >= 11 is 5.89. The summed E-state index contributed by atoms with van der Waals surface area (Å²) in [6, 6.07) is 7.05. The van der Waals surface area contributed by atoms with E-state index >= 15 is 0 Å². The molecule has 0 radical (unpaired) electrons. The van der Waals surface area contributed by atoms with Gasteiger partial charge in [-0.3, -0.25) is 4.79 Å². The van der Waals surface area contributed by atoms with Crippen molar-refractivity contribution in [1.29, 1.82) is 0 Å². The van der Waals surface area contributed by atoms with Crippen molar-refractivity contribution in [3.05, 3.63) is 35.0 Å². The lowest BCUT2D eigenvalue weighted by Crippen LogP contribution is -2.30. The lowest BCUT2D eigenvalue weighted by Gasteiger charge is -2.16. The molecule has 0 aliphatic heterocycles. The highest BCUT2D eigenvalue weighted by molar-refractivity contribution is 6.31. The van der Waals surface area contributed by atoms with Crippen molar-refractivity contribution in [3.8, 4) is 0 Å². The van der Waals surface area contributed by atoms with Crippen LogP contribution in [0.3, 0.4) is 0 Å². The quantitative estimate of drug-likeness (QED) is 0.836. The fourth-order valence-corrected chi connectivity index (χ4v) is 1.97. The minimum absolute atomic E-state index is 0.0812. The highest BCUT2D eigenvalue weighted by atomic mass is 35.5. The van der Waals surface area contributed by atoms with Gasteiger partial charge in [0.05, 0.1) is 0 Å². The third-order valence-electron chi connectivity index (χ3n) is 2.74. The zero-order valence-corrected chi connectivity index (χ0v) is 10.6. The van der Waals surface area contributed by atoms with E-state index < -0.39 is 0 Å². The van der Waals surface area contributed by atoms with Gasteiger partial charge in [0.1, 0.15) is 5.58 Å². The summed E-state index contributed by atoms with van der Waals surface area (Å²) in [6.45, 7) is 5.24. The average molecular weight is 252 g/mol. The van der Waals surface area contributed by atoms with E-state index in [9.17, 15) is 4.79 Å². The Labute approximate surface area is 105 Å². The summed E-state index contributed by atoms with van der Waals surface area (Å²) in [5.74, 6) is 0.285. The van der Waals surface area contributed by atoms with Gasteiger partial charge in [-0.1, -0.05) is 11.6 Å². The highest BCUT2D eigenvalue weighted by Crippen LogP contribution is 2.23. The second-order valence-electron chi connectivity index (χ2n) is 3.77. The van der Waals surface area contributed by atoms with Crippen LogP contribution in [0.5, 0.6) is 0 Å². The standard InChI is InChI=1S/C13H14ClNO2/c1-3-15(4-2)13(16)12-8-9-7-10(14)5-6-11(9)17-12/h5-8H,3-4H2,1-2H3. The van der Waals surface area contributed by atoms with Crippen molar-refractivity contribution in [3.63, 3.8) is 0 Å². The highest BCUT2D eigenvalue weighted by Gasteiger charge is 2.17. The largest absolute Gasteiger partial charge is 0.451 e. The van der Waals surface area contributed by atoms with Gasteiger partial charge in [-0.2, -0.15) is 0 Å². The minimum Gasteiger partial charge on any atom is -0.451 e. The van der Waals surface area contributed by atoms with Crippen LogP contribution < -0.4 is 0 Å². The molecular formula is C13H14ClNO2. The Balaban J connectivity index is 2.39. The van der Waals surface area contributed by atoms with Crippen LogP contribution in [0.2, 0.25) is 5.02 Å². The lowest BCUT2D eigenvalue weighted by molar-refractivity contribution is 0.0743. The molecule has 0 bridgehead atoms. The normalized spacial score (nSPS) is 10.8. The molecule has 1 amide bonds. The number of furan rings is 1. The maximum atomic E-state index is 12.1. The first-order valence-electron chi connectivity index (χ1n) is 5.64. The second kappa shape index (κ2) is 4.80. The number of carbonyl (C=O) groups excluding carboxylic acids is 1. The summed E-state index contributed by atoms with van der Waals surface area (Å²) in [5, 5.41) is 1.49. The molecule has 2 aromatic rings. The van der Waals surface area contributed by atoms with E-state index in [1.165, 1.54) is 0 Å². The number of benzene rings is 1. The summed E-state index contributed by atoms with van der Waals surface area (Å²) in [4.78, 5) is 13.8. The molecule has 2 rings (SSSR count). The lowest BCUT2D eigenvalue weighted by atomic mass is 10.2. The summed E-state index contributed by atoms with van der Waals surface area (Å²) in [7, 11) is 0. The van der Waals surface area contributed by atoms with E-state index in [4.69, 9.17) is 16.0 Å². The summed E-state index contributed by atoms with van der Waals surface area (Å²) < 4.78 is 5.52. The Bertz CT molecular complexity index is 543. The predicted molar refractivity (Wildman–Crippen MR) is 68.5 cm³/mol. The Morgan fingerprint density at radius 3 is 2.65 bits per heavy atom. The molecule has 0 aliphatic rings. The monoisotopic (exact) mass is 251 g/mol. The van der Waals surface area contributed by atoms with Crippen LogP contribution in [0.25, 0.3) is 11.0 Å². The van der Waals surface area contributed by atoms with Crippen molar-refractivity contribution in [2.75, 3.05) is 13.1 Å². The van der Waals surface area contributed by atoms with E-state index in [0.29, 0.717) is 29.5 Å². The topological polar surface area (TPSA) is 33.5 Å². The molecule has 0 aliphatic carbocycles. The third kappa shape index (κ3) is 2.29. The molecule has 0 fully saturated rings. The van der Waals surface area contributed by atoms with Gasteiger partial charge in [-0.05, 0) is 38.1 Å². The van der Waals surface area contributed by atoms with E-state index in [1.807, 2.05) is 13.8 Å². The molecule has 0 saturated heterocycles. The fourth-order valence-electron chi connectivity index (χ4n) is 1.79. The van der Waals surface area contributed by atoms with Gasteiger partial charge in [0.2, 0.25) is 0 Å². The Kier molecular flexibility index (Phi) is 3.38. The van der Waals surface area contributed by atoms with E-state index in [1.54, 1.807) is 29.2 Å². The van der Waals surface area contributed by atoms with Gasteiger partial charge in [0, 0.05) is 23.5 Å². The van der Waals surface area contributed by atoms with E-state index in [0.717, 1.165) is 5.39 Å². The van der Waals surface area contributed by atoms with Crippen LogP contribution in [-0.2, 0) is 0 Å². The van der Waals surface area contributed by atoms with Crippen LogP contribution >= 0.6 is 11.6 Å². The van der Waals surface area contributed by atoms with E-state index in [-0.39, 0.29) is 5.91 Å². The first-order chi connectivity index (χ1) is 8.15. The Morgan fingerprint density at radius 1 is 1.29 bits per heavy atom. The molecule has 90 valence electrons. The van der Waals surface area contributed by atoms with Gasteiger partial charge >= 0.3 is 0 Å². The molecule has 0 spiro atoms. The molecular weight excluding hydrogens is 238 g/mol. The SMILES string of the molecule is CCN(CC)C(=O)c1cc2cc(Cl)ccc2o1. The van der Waals surface area contributed by atoms with Gasteiger partial charge in [0.25, 0.3) is 5.91 Å². The first kappa shape index (κ1) is 12.0. The molecule has 0 atom stereocenters. The number of fused-ring (bicyclic) bond motifs is 1. The van der Waals surface area contributed by atoms with Gasteiger partial charge in [0.15, 0.2) is 5.76 Å². The molecule has 0 saturated carbocycles. The number of rotatable bonds is 3. The van der Waals surface area contributed by atoms with Crippen molar-refractivity contribution < 1.29 is 9.21 Å². The minimum atomic E-state index is -0.0812. The van der Waals surface area contributed by atoms with Gasteiger partial charge < -0.3 is 9.32 Å². The van der Waals surface area contributed by atoms with Crippen LogP contribution in [0.1, 0.15) is 24.4 Å². The fraction of sp³-hybridized carbons (Fsp3) is 0.308. The number of hydrogen-bond donors (Lipinski definition) is 0. The zero-order chi connectivity index (χ0) is 12.4. The Morgan fingerprint density at radius 2 is 2.00 bits per heavy atom. The number of carbonyl (C=O) groups is 1. The molecule has 0 unspecified atom stereocenters. The number of nitrogens with zero attached hydrogens (tertiary/aromatic N) is 1. The average Bonchev–Trinajstić information content (AvgIpc) is 2.73. The van der Waals surface area contributed by atoms with Crippen LogP contribution in [0.4, 0.5) is 0 Å². The first-order valence-corrected chi connectivity index (χ1v) is 6.01. The van der Waals surface area contributed by atoms with Crippen molar-refractivity contribution in [2.45, 2.75) is 13.8 Å². The van der Waals surface area contributed by atoms with E-state index in [2.05, 4.69) is 0 Å². The maximum Gasteiger partial charge on any atom is 0.289 e. The number of halogens is 1. The van der Waals surface area contributed by atoms with Gasteiger partial charge in [-0.25, -0.2) is 0 Å². The molecule has 1 aromatic carbocycles. The molecule has 0 N–H and O–H groups in total. The maximum absolute atomic E-state index is 12.1. The summed E-state index contributed by atoms with van der Waals surface area (Å²) in [6.07, 6.45) is 0. The van der Waals surface area contributed by atoms with Crippen LogP contribution in [0, 0.1) is 0 Å². The molecule has 1 aromatic heterocycles. The van der Waals surface area contributed by atoms with Gasteiger partial charge in [-0.15, -0.1) is 0 Å². The molecule has 3 nitrogen and oxygen atoms in total. The molecule has 1 heterocycles. The number of amides is 1.